The Morgan fingerprint density at radius 1 is 1.35 bits per heavy atom. The molecule has 0 spiro atoms. The molecule has 1 rings (SSSR count). The monoisotopic (exact) mass is 301 g/mol. The third kappa shape index (κ3) is 6.50. The fourth-order valence-corrected chi connectivity index (χ4v) is 2.20. The molecule has 0 radical (unpaired) electrons. The first-order valence-electron chi connectivity index (χ1n) is 7.15. The highest BCUT2D eigenvalue weighted by Gasteiger charge is 2.09. The van der Waals surface area contributed by atoms with Gasteiger partial charge in [0.1, 0.15) is 17.6 Å². The first-order valence-corrected chi connectivity index (χ1v) is 7.53. The van der Waals surface area contributed by atoms with Gasteiger partial charge in [-0.2, -0.15) is 0 Å². The van der Waals surface area contributed by atoms with E-state index in [-0.39, 0.29) is 6.61 Å². The second kappa shape index (κ2) is 9.91. The maximum absolute atomic E-state index is 9.05. The highest BCUT2D eigenvalue weighted by Crippen LogP contribution is 2.15. The Balaban J connectivity index is 2.59. The predicted molar refractivity (Wildman–Crippen MR) is 81.0 cm³/mol. The SMILES string of the molecule is CCCC(CCO)CNc1cc(Cl)nc(COCC)n1. The summed E-state index contributed by atoms with van der Waals surface area (Å²) in [5.74, 6) is 1.73. The van der Waals surface area contributed by atoms with E-state index in [1.807, 2.05) is 6.92 Å². The van der Waals surface area contributed by atoms with Gasteiger partial charge in [-0.05, 0) is 25.7 Å². The molecule has 6 heteroatoms. The summed E-state index contributed by atoms with van der Waals surface area (Å²) in [6, 6.07) is 1.71. The van der Waals surface area contributed by atoms with Gasteiger partial charge < -0.3 is 15.2 Å². The van der Waals surface area contributed by atoms with Gasteiger partial charge in [0.05, 0.1) is 0 Å². The van der Waals surface area contributed by atoms with Crippen LogP contribution in [-0.4, -0.2) is 34.8 Å². The summed E-state index contributed by atoms with van der Waals surface area (Å²) in [4.78, 5) is 8.49. The quantitative estimate of drug-likeness (QED) is 0.650. The summed E-state index contributed by atoms with van der Waals surface area (Å²) < 4.78 is 5.29. The molecule has 1 aromatic heterocycles. The lowest BCUT2D eigenvalue weighted by Gasteiger charge is -2.16. The number of nitrogens with zero attached hydrogens (tertiary/aromatic N) is 2. The van der Waals surface area contributed by atoms with Crippen molar-refractivity contribution in [2.24, 2.45) is 5.92 Å². The smallest absolute Gasteiger partial charge is 0.158 e. The van der Waals surface area contributed by atoms with Crippen molar-refractivity contribution in [2.75, 3.05) is 25.1 Å². The van der Waals surface area contributed by atoms with E-state index in [4.69, 9.17) is 21.4 Å². The molecule has 0 saturated carbocycles. The van der Waals surface area contributed by atoms with Crippen LogP contribution < -0.4 is 5.32 Å². The van der Waals surface area contributed by atoms with Crippen LogP contribution in [0.15, 0.2) is 6.07 Å². The van der Waals surface area contributed by atoms with E-state index in [0.717, 1.165) is 25.8 Å². The first-order chi connectivity index (χ1) is 9.69. The highest BCUT2D eigenvalue weighted by atomic mass is 35.5. The minimum Gasteiger partial charge on any atom is -0.396 e. The minimum atomic E-state index is 0.215. The van der Waals surface area contributed by atoms with Gasteiger partial charge in [0.25, 0.3) is 0 Å². The maximum Gasteiger partial charge on any atom is 0.158 e. The van der Waals surface area contributed by atoms with E-state index >= 15 is 0 Å². The lowest BCUT2D eigenvalue weighted by Crippen LogP contribution is -2.17. The third-order valence-electron chi connectivity index (χ3n) is 2.98. The van der Waals surface area contributed by atoms with Crippen molar-refractivity contribution in [3.8, 4) is 0 Å². The lowest BCUT2D eigenvalue weighted by molar-refractivity contribution is 0.128. The number of aliphatic hydroxyl groups excluding tert-OH is 1. The van der Waals surface area contributed by atoms with E-state index in [9.17, 15) is 0 Å². The van der Waals surface area contributed by atoms with Gasteiger partial charge in [-0.3, -0.25) is 0 Å². The van der Waals surface area contributed by atoms with Crippen molar-refractivity contribution < 1.29 is 9.84 Å². The number of aromatic nitrogens is 2. The van der Waals surface area contributed by atoms with Crippen LogP contribution in [-0.2, 0) is 11.3 Å². The van der Waals surface area contributed by atoms with Gasteiger partial charge in [0, 0.05) is 25.8 Å². The molecule has 1 atom stereocenters. The normalized spacial score (nSPS) is 12.4. The zero-order valence-electron chi connectivity index (χ0n) is 12.2. The van der Waals surface area contributed by atoms with Gasteiger partial charge in [-0.15, -0.1) is 0 Å². The van der Waals surface area contributed by atoms with Gasteiger partial charge in [0.2, 0.25) is 0 Å². The number of anilines is 1. The Hall–Kier alpha value is -0.910. The van der Waals surface area contributed by atoms with Crippen molar-refractivity contribution in [1.29, 1.82) is 0 Å². The number of halogens is 1. The third-order valence-corrected chi connectivity index (χ3v) is 3.18. The van der Waals surface area contributed by atoms with Gasteiger partial charge in [-0.25, -0.2) is 9.97 Å². The predicted octanol–water partition coefficient (Wildman–Crippen LogP) is 2.88. The molecule has 1 aromatic rings. The summed E-state index contributed by atoms with van der Waals surface area (Å²) in [5, 5.41) is 12.7. The summed E-state index contributed by atoms with van der Waals surface area (Å²) in [7, 11) is 0. The number of rotatable bonds is 10. The minimum absolute atomic E-state index is 0.215. The fourth-order valence-electron chi connectivity index (χ4n) is 2.00. The summed E-state index contributed by atoms with van der Waals surface area (Å²) in [5.41, 5.74) is 0. The van der Waals surface area contributed by atoms with Crippen molar-refractivity contribution >= 4 is 17.4 Å². The standard InChI is InChI=1S/C14H24ClN3O2/c1-3-5-11(6-7-19)9-16-13-8-12(15)17-14(18-13)10-20-4-2/h8,11,19H,3-7,9-10H2,1-2H3,(H,16,17,18). The molecule has 114 valence electrons. The van der Waals surface area contributed by atoms with Crippen molar-refractivity contribution in [3.05, 3.63) is 17.0 Å². The van der Waals surface area contributed by atoms with E-state index in [1.54, 1.807) is 6.07 Å². The molecule has 0 aliphatic carbocycles. The molecule has 1 heterocycles. The maximum atomic E-state index is 9.05. The molecule has 1 unspecified atom stereocenters. The Labute approximate surface area is 125 Å². The zero-order valence-corrected chi connectivity index (χ0v) is 13.0. The molecule has 2 N–H and O–H groups in total. The van der Waals surface area contributed by atoms with Crippen LogP contribution in [0.2, 0.25) is 5.15 Å². The molecule has 5 nitrogen and oxygen atoms in total. The molecule has 0 bridgehead atoms. The molecular formula is C14H24ClN3O2. The van der Waals surface area contributed by atoms with E-state index < -0.39 is 0 Å². The van der Waals surface area contributed by atoms with Crippen molar-refractivity contribution in [2.45, 2.75) is 39.7 Å². The van der Waals surface area contributed by atoms with Crippen LogP contribution >= 0.6 is 11.6 Å². The van der Waals surface area contributed by atoms with E-state index in [1.165, 1.54) is 0 Å². The zero-order chi connectivity index (χ0) is 14.8. The number of hydrogen-bond acceptors (Lipinski definition) is 5. The molecule has 0 aliphatic heterocycles. The number of ether oxygens (including phenoxy) is 1. The number of hydrogen-bond donors (Lipinski definition) is 2. The van der Waals surface area contributed by atoms with Crippen LogP contribution in [0.5, 0.6) is 0 Å². The molecular weight excluding hydrogens is 278 g/mol. The van der Waals surface area contributed by atoms with Crippen LogP contribution in [0.4, 0.5) is 5.82 Å². The molecule has 0 fully saturated rings. The first kappa shape index (κ1) is 17.1. The molecule has 0 aromatic carbocycles. The summed E-state index contributed by atoms with van der Waals surface area (Å²) >= 11 is 5.98. The van der Waals surface area contributed by atoms with Crippen molar-refractivity contribution in [3.63, 3.8) is 0 Å². The molecule has 0 saturated heterocycles. The largest absolute Gasteiger partial charge is 0.396 e. The van der Waals surface area contributed by atoms with Gasteiger partial charge >= 0.3 is 0 Å². The summed E-state index contributed by atoms with van der Waals surface area (Å²) in [6.07, 6.45) is 2.98. The number of nitrogens with one attached hydrogen (secondary N) is 1. The second-order valence-electron chi connectivity index (χ2n) is 4.68. The average molecular weight is 302 g/mol. The van der Waals surface area contributed by atoms with Crippen LogP contribution in [0.3, 0.4) is 0 Å². The van der Waals surface area contributed by atoms with Gasteiger partial charge in [-0.1, -0.05) is 24.9 Å². The van der Waals surface area contributed by atoms with Crippen LogP contribution in [0, 0.1) is 5.92 Å². The molecule has 20 heavy (non-hydrogen) atoms. The second-order valence-corrected chi connectivity index (χ2v) is 5.06. The number of aliphatic hydroxyl groups is 1. The highest BCUT2D eigenvalue weighted by molar-refractivity contribution is 6.29. The van der Waals surface area contributed by atoms with Gasteiger partial charge in [0.15, 0.2) is 5.82 Å². The fraction of sp³-hybridized carbons (Fsp3) is 0.714. The van der Waals surface area contributed by atoms with E-state index in [0.29, 0.717) is 35.9 Å². The Bertz CT molecular complexity index is 385. The van der Waals surface area contributed by atoms with E-state index in [2.05, 4.69) is 22.2 Å². The Kier molecular flexibility index (Phi) is 8.49. The van der Waals surface area contributed by atoms with Crippen LogP contribution in [0.1, 0.15) is 38.9 Å². The summed E-state index contributed by atoms with van der Waals surface area (Å²) in [6.45, 7) is 6.04. The topological polar surface area (TPSA) is 67.3 Å². The lowest BCUT2D eigenvalue weighted by atomic mass is 10.0. The molecule has 0 amide bonds. The average Bonchev–Trinajstić information content (AvgIpc) is 2.42. The van der Waals surface area contributed by atoms with Crippen molar-refractivity contribution in [1.82, 2.24) is 9.97 Å². The Morgan fingerprint density at radius 2 is 2.15 bits per heavy atom. The molecule has 0 aliphatic rings. The van der Waals surface area contributed by atoms with Crippen LogP contribution in [0.25, 0.3) is 0 Å². The Morgan fingerprint density at radius 3 is 2.80 bits per heavy atom.